The van der Waals surface area contributed by atoms with Crippen molar-refractivity contribution < 1.29 is 23.6 Å². The average Bonchev–Trinajstić information content (AvgIpc) is 3.21. The van der Waals surface area contributed by atoms with Gasteiger partial charge in [-0.05, 0) is 71.7 Å². The van der Waals surface area contributed by atoms with Gasteiger partial charge in [-0.3, -0.25) is 0 Å². The van der Waals surface area contributed by atoms with E-state index in [1.807, 2.05) is 90.9 Å². The number of amides is 1. The maximum atomic E-state index is 12.9. The third-order valence-corrected chi connectivity index (χ3v) is 7.34. The molecule has 4 rings (SSSR count). The van der Waals surface area contributed by atoms with Crippen molar-refractivity contribution in [2.24, 2.45) is 0 Å². The molecule has 0 radical (unpaired) electrons. The van der Waals surface area contributed by atoms with E-state index in [1.165, 1.54) is 0 Å². The van der Waals surface area contributed by atoms with Crippen LogP contribution in [0.1, 0.15) is 59.6 Å². The number of fused-ring (bicyclic) bond motifs is 1. The minimum Gasteiger partial charge on any atom is -0.480 e. The van der Waals surface area contributed by atoms with E-state index in [0.29, 0.717) is 23.7 Å². The van der Waals surface area contributed by atoms with Gasteiger partial charge in [0.1, 0.15) is 11.4 Å². The highest BCUT2D eigenvalue weighted by Crippen LogP contribution is 2.44. The zero-order valence-corrected chi connectivity index (χ0v) is 22.7. The van der Waals surface area contributed by atoms with Crippen molar-refractivity contribution >= 4 is 30.3 Å². The van der Waals surface area contributed by atoms with E-state index < -0.39 is 35.6 Å². The van der Waals surface area contributed by atoms with Gasteiger partial charge < -0.3 is 23.7 Å². The lowest BCUT2D eigenvalue weighted by atomic mass is 9.73. The summed E-state index contributed by atoms with van der Waals surface area (Å²) in [6, 6.07) is 13.6. The highest BCUT2D eigenvalue weighted by atomic mass is 35.5. The van der Waals surface area contributed by atoms with Crippen LogP contribution in [0.15, 0.2) is 42.5 Å². The van der Waals surface area contributed by atoms with Gasteiger partial charge in [0.2, 0.25) is 0 Å². The molecule has 6 nitrogen and oxygen atoms in total. The zero-order valence-electron chi connectivity index (χ0n) is 21.9. The molecule has 0 bridgehead atoms. The van der Waals surface area contributed by atoms with Crippen LogP contribution in [0.25, 0.3) is 0 Å². The van der Waals surface area contributed by atoms with Crippen LogP contribution in [0.2, 0.25) is 5.02 Å². The van der Waals surface area contributed by atoms with Crippen LogP contribution in [0, 0.1) is 0 Å². The molecule has 2 aliphatic heterocycles. The number of benzene rings is 2. The minimum atomic E-state index is -0.821. The Kier molecular flexibility index (Phi) is 6.44. The molecule has 35 heavy (non-hydrogen) atoms. The summed E-state index contributed by atoms with van der Waals surface area (Å²) in [7, 11) is 1.11. The van der Waals surface area contributed by atoms with Crippen molar-refractivity contribution in [3.05, 3.63) is 58.6 Å². The molecule has 1 amide bonds. The van der Waals surface area contributed by atoms with Gasteiger partial charge in [-0.25, -0.2) is 4.79 Å². The number of nitrogens with zero attached hydrogens (tertiary/aromatic N) is 1. The first-order chi connectivity index (χ1) is 16.1. The first-order valence-electron chi connectivity index (χ1n) is 12.0. The quantitative estimate of drug-likeness (QED) is 0.532. The molecule has 0 spiro atoms. The summed E-state index contributed by atoms with van der Waals surface area (Å²) >= 11 is 6.74. The van der Waals surface area contributed by atoms with E-state index in [4.69, 9.17) is 30.4 Å². The van der Waals surface area contributed by atoms with E-state index >= 15 is 0 Å². The van der Waals surface area contributed by atoms with Crippen molar-refractivity contribution in [3.8, 4) is 5.75 Å². The molecule has 0 aliphatic carbocycles. The molecule has 0 saturated carbocycles. The molecule has 2 aromatic carbocycles. The minimum absolute atomic E-state index is 0.293. The molecule has 188 valence electrons. The summed E-state index contributed by atoms with van der Waals surface area (Å²) in [6.45, 7) is 13.9. The number of carbonyl (C=O) groups is 1. The van der Waals surface area contributed by atoms with E-state index in [0.717, 1.165) is 16.6 Å². The summed E-state index contributed by atoms with van der Waals surface area (Å²) < 4.78 is 25.0. The second-order valence-corrected chi connectivity index (χ2v) is 11.9. The highest BCUT2D eigenvalue weighted by Gasteiger charge is 2.54. The Morgan fingerprint density at radius 2 is 1.66 bits per heavy atom. The number of carbonyl (C=O) groups excluding carboxylic acids is 1. The monoisotopic (exact) mass is 499 g/mol. The number of ether oxygens (including phenoxy) is 2. The predicted octanol–water partition coefficient (Wildman–Crippen LogP) is 5.34. The van der Waals surface area contributed by atoms with Gasteiger partial charge in [0.15, 0.2) is 5.60 Å². The lowest BCUT2D eigenvalue weighted by molar-refractivity contribution is 0.00578. The second-order valence-electron chi connectivity index (χ2n) is 11.5. The summed E-state index contributed by atoms with van der Waals surface area (Å²) in [5.74, 6) is 0.709. The smallest absolute Gasteiger partial charge is 0.480 e. The molecule has 0 unspecified atom stereocenters. The third-order valence-electron chi connectivity index (χ3n) is 7.02. The molecule has 2 aromatic rings. The van der Waals surface area contributed by atoms with E-state index in [1.54, 1.807) is 11.9 Å². The van der Waals surface area contributed by atoms with Crippen molar-refractivity contribution in [2.45, 2.75) is 77.3 Å². The number of likely N-dealkylation sites (N-methyl/N-ethyl adjacent to an activating group) is 1. The molecule has 2 heterocycles. The maximum absolute atomic E-state index is 12.9. The number of rotatable bonds is 4. The molecule has 0 N–H and O–H groups in total. The van der Waals surface area contributed by atoms with Gasteiger partial charge >= 0.3 is 13.2 Å². The third kappa shape index (κ3) is 4.91. The van der Waals surface area contributed by atoms with E-state index in [2.05, 4.69) is 0 Å². The lowest BCUT2D eigenvalue weighted by Gasteiger charge is -2.34. The first-order valence-corrected chi connectivity index (χ1v) is 12.4. The normalized spacial score (nSPS) is 22.5. The molecular weight excluding hydrogens is 465 g/mol. The fraction of sp³-hybridized carbons (Fsp3) is 0.519. The molecule has 0 aromatic heterocycles. The summed E-state index contributed by atoms with van der Waals surface area (Å²) in [5.41, 5.74) is 0.244. The predicted molar refractivity (Wildman–Crippen MR) is 138 cm³/mol. The fourth-order valence-corrected chi connectivity index (χ4v) is 4.78. The van der Waals surface area contributed by atoms with E-state index in [-0.39, 0.29) is 0 Å². The molecule has 2 aliphatic rings. The Morgan fingerprint density at radius 1 is 1.06 bits per heavy atom. The Morgan fingerprint density at radius 3 is 2.23 bits per heavy atom. The van der Waals surface area contributed by atoms with Crippen LogP contribution in [-0.4, -0.2) is 48.5 Å². The van der Waals surface area contributed by atoms with Crippen molar-refractivity contribution in [1.82, 2.24) is 4.90 Å². The van der Waals surface area contributed by atoms with Crippen LogP contribution in [0.4, 0.5) is 4.79 Å². The molecule has 8 heteroatoms. The average molecular weight is 500 g/mol. The van der Waals surface area contributed by atoms with Gasteiger partial charge in [-0.2, -0.15) is 0 Å². The molecular formula is C27H35BClNO5. The zero-order chi connectivity index (χ0) is 25.8. The van der Waals surface area contributed by atoms with Gasteiger partial charge in [0, 0.05) is 24.0 Å². The van der Waals surface area contributed by atoms with Gasteiger partial charge in [0.25, 0.3) is 0 Å². The lowest BCUT2D eigenvalue weighted by Crippen LogP contribution is -2.47. The van der Waals surface area contributed by atoms with Crippen molar-refractivity contribution in [1.29, 1.82) is 0 Å². The van der Waals surface area contributed by atoms with Crippen molar-refractivity contribution in [3.63, 3.8) is 0 Å². The standard InChI is InChI=1S/C27H35BClNO5/c1-24(2,3)33-23(31)30(8)17-27(18-12-10-9-11-13-18)16-19-21(32-27)15-14-20(29)22(19)28-34-25(4,5)26(6,7)35-28/h9-15H,16-17H2,1-8H3/t27-/m1/s1. The van der Waals surface area contributed by atoms with E-state index in [9.17, 15) is 4.79 Å². The number of hydrogen-bond acceptors (Lipinski definition) is 5. The summed E-state index contributed by atoms with van der Waals surface area (Å²) in [4.78, 5) is 14.4. The van der Waals surface area contributed by atoms with Crippen LogP contribution >= 0.6 is 11.6 Å². The van der Waals surface area contributed by atoms with Crippen LogP contribution < -0.4 is 10.2 Å². The first kappa shape index (κ1) is 25.9. The Labute approximate surface area is 214 Å². The second kappa shape index (κ2) is 8.72. The largest absolute Gasteiger partial charge is 0.496 e. The maximum Gasteiger partial charge on any atom is 0.496 e. The van der Waals surface area contributed by atoms with Crippen molar-refractivity contribution in [2.75, 3.05) is 13.6 Å². The number of hydrogen-bond donors (Lipinski definition) is 0. The SMILES string of the molecule is CN(C[C@@]1(c2ccccc2)Cc2c(ccc(Cl)c2B2OC(C)(C)C(C)(C)O2)O1)C(=O)OC(C)(C)C. The Bertz CT molecular complexity index is 1100. The van der Waals surface area contributed by atoms with Gasteiger partial charge in [-0.1, -0.05) is 41.9 Å². The summed E-state index contributed by atoms with van der Waals surface area (Å²) in [5, 5.41) is 0.565. The molecule has 1 fully saturated rings. The van der Waals surface area contributed by atoms with Crippen LogP contribution in [-0.2, 0) is 26.1 Å². The van der Waals surface area contributed by atoms with Crippen LogP contribution in [0.3, 0.4) is 0 Å². The van der Waals surface area contributed by atoms with Gasteiger partial charge in [0.05, 0.1) is 17.7 Å². The molecule has 1 saturated heterocycles. The summed E-state index contributed by atoms with van der Waals surface area (Å²) in [6.07, 6.45) is 0.0935. The number of halogens is 1. The Hall–Kier alpha value is -2.22. The van der Waals surface area contributed by atoms with Gasteiger partial charge in [-0.15, -0.1) is 0 Å². The molecule has 1 atom stereocenters. The Balaban J connectivity index is 1.73. The van der Waals surface area contributed by atoms with Crippen LogP contribution in [0.5, 0.6) is 5.75 Å². The topological polar surface area (TPSA) is 57.2 Å². The highest BCUT2D eigenvalue weighted by molar-refractivity contribution is 6.66. The fourth-order valence-electron chi connectivity index (χ4n) is 4.51.